The van der Waals surface area contributed by atoms with Gasteiger partial charge in [0.25, 0.3) is 0 Å². The molecule has 0 saturated heterocycles. The molecule has 1 aromatic heterocycles. The van der Waals surface area contributed by atoms with Crippen molar-refractivity contribution < 1.29 is 4.79 Å². The molecule has 0 aliphatic heterocycles. The molecule has 0 radical (unpaired) electrons. The van der Waals surface area contributed by atoms with Crippen molar-refractivity contribution in [3.8, 4) is 0 Å². The summed E-state index contributed by atoms with van der Waals surface area (Å²) < 4.78 is 1.97. The van der Waals surface area contributed by atoms with Crippen molar-refractivity contribution in [2.75, 3.05) is 5.32 Å². The first-order valence-electron chi connectivity index (χ1n) is 8.54. The second-order valence-electron chi connectivity index (χ2n) is 6.51. The normalized spacial score (nSPS) is 15.6. The Morgan fingerprint density at radius 2 is 1.87 bits per heavy atom. The summed E-state index contributed by atoms with van der Waals surface area (Å²) in [5, 5.41) is 7.74. The number of rotatable bonds is 4. The maximum Gasteiger partial charge on any atom is 0.227 e. The Bertz CT molecular complexity index is 669. The number of aryl methyl sites for hydroxylation is 1. The number of benzene rings is 1. The molecule has 0 spiro atoms. The van der Waals surface area contributed by atoms with Crippen molar-refractivity contribution in [2.24, 2.45) is 5.92 Å². The number of nitrogens with zero attached hydrogens (tertiary/aromatic N) is 2. The van der Waals surface area contributed by atoms with Crippen molar-refractivity contribution in [2.45, 2.75) is 52.5 Å². The van der Waals surface area contributed by atoms with Gasteiger partial charge in [-0.25, -0.2) is 0 Å². The van der Waals surface area contributed by atoms with Crippen LogP contribution in [-0.2, 0) is 11.3 Å². The van der Waals surface area contributed by atoms with Crippen LogP contribution >= 0.6 is 0 Å². The second-order valence-corrected chi connectivity index (χ2v) is 6.51. The fraction of sp³-hybridized carbons (Fsp3) is 0.474. The van der Waals surface area contributed by atoms with Crippen LogP contribution in [0, 0.1) is 19.8 Å². The van der Waals surface area contributed by atoms with Crippen LogP contribution in [0.15, 0.2) is 30.3 Å². The van der Waals surface area contributed by atoms with Gasteiger partial charge in [0.15, 0.2) is 0 Å². The standard InChI is InChI=1S/C19H25N3O/c1-14-18(20-19(23)17-11-7-4-8-12-17)15(2)22(21-14)13-16-9-5-3-6-10-16/h3,5-6,9-10,17H,4,7-8,11-13H2,1-2H3,(H,20,23). The van der Waals surface area contributed by atoms with Gasteiger partial charge >= 0.3 is 0 Å². The number of anilines is 1. The van der Waals surface area contributed by atoms with E-state index in [-0.39, 0.29) is 11.8 Å². The van der Waals surface area contributed by atoms with E-state index in [4.69, 9.17) is 0 Å². The summed E-state index contributed by atoms with van der Waals surface area (Å²) in [6.45, 7) is 4.72. The zero-order valence-electron chi connectivity index (χ0n) is 14.0. The maximum atomic E-state index is 12.5. The van der Waals surface area contributed by atoms with E-state index in [2.05, 4.69) is 22.5 Å². The van der Waals surface area contributed by atoms with E-state index >= 15 is 0 Å². The first-order chi connectivity index (χ1) is 11.1. The predicted octanol–water partition coefficient (Wildman–Crippen LogP) is 4.07. The third-order valence-corrected chi connectivity index (χ3v) is 4.78. The topological polar surface area (TPSA) is 46.9 Å². The van der Waals surface area contributed by atoms with Gasteiger partial charge in [-0.1, -0.05) is 49.6 Å². The van der Waals surface area contributed by atoms with Crippen molar-refractivity contribution in [3.63, 3.8) is 0 Å². The highest BCUT2D eigenvalue weighted by molar-refractivity contribution is 5.93. The SMILES string of the molecule is Cc1nn(Cc2ccccc2)c(C)c1NC(=O)C1CCCCC1. The van der Waals surface area contributed by atoms with Crippen molar-refractivity contribution in [1.82, 2.24) is 9.78 Å². The van der Waals surface area contributed by atoms with Crippen LogP contribution in [0.3, 0.4) is 0 Å². The van der Waals surface area contributed by atoms with Crippen molar-refractivity contribution in [1.29, 1.82) is 0 Å². The molecule has 0 bridgehead atoms. The van der Waals surface area contributed by atoms with Crippen LogP contribution in [0.1, 0.15) is 49.1 Å². The van der Waals surface area contributed by atoms with E-state index in [0.29, 0.717) is 0 Å². The molecule has 1 aromatic carbocycles. The molecular formula is C19H25N3O. The zero-order valence-corrected chi connectivity index (χ0v) is 14.0. The minimum atomic E-state index is 0.162. The number of nitrogens with one attached hydrogen (secondary N) is 1. The molecule has 2 aromatic rings. The van der Waals surface area contributed by atoms with Gasteiger partial charge in [0.05, 0.1) is 23.6 Å². The van der Waals surface area contributed by atoms with E-state index in [1.54, 1.807) is 0 Å². The van der Waals surface area contributed by atoms with E-state index in [1.165, 1.54) is 24.8 Å². The van der Waals surface area contributed by atoms with Gasteiger partial charge in [-0.15, -0.1) is 0 Å². The Morgan fingerprint density at radius 3 is 2.57 bits per heavy atom. The molecule has 1 aliphatic carbocycles. The summed E-state index contributed by atoms with van der Waals surface area (Å²) in [6.07, 6.45) is 5.63. The van der Waals surface area contributed by atoms with Gasteiger partial charge < -0.3 is 5.32 Å². The summed E-state index contributed by atoms with van der Waals surface area (Å²) >= 11 is 0. The average Bonchev–Trinajstić information content (AvgIpc) is 2.84. The lowest BCUT2D eigenvalue weighted by molar-refractivity contribution is -0.120. The highest BCUT2D eigenvalue weighted by Gasteiger charge is 2.23. The van der Waals surface area contributed by atoms with Crippen LogP contribution in [0.5, 0.6) is 0 Å². The Hall–Kier alpha value is -2.10. The van der Waals surface area contributed by atoms with Gasteiger partial charge in [0.1, 0.15) is 0 Å². The number of carbonyl (C=O) groups is 1. The Kier molecular flexibility index (Phi) is 4.79. The summed E-state index contributed by atoms with van der Waals surface area (Å²) in [7, 11) is 0. The summed E-state index contributed by atoms with van der Waals surface area (Å²) in [6, 6.07) is 10.3. The first kappa shape index (κ1) is 15.8. The quantitative estimate of drug-likeness (QED) is 0.925. The fourth-order valence-corrected chi connectivity index (χ4v) is 3.38. The van der Waals surface area contributed by atoms with Crippen LogP contribution in [0.4, 0.5) is 5.69 Å². The largest absolute Gasteiger partial charge is 0.323 e. The molecule has 1 fully saturated rings. The van der Waals surface area contributed by atoms with E-state index in [1.807, 2.05) is 36.7 Å². The molecule has 4 heteroatoms. The van der Waals surface area contributed by atoms with Gasteiger partial charge in [-0.05, 0) is 32.3 Å². The summed E-state index contributed by atoms with van der Waals surface area (Å²) in [4.78, 5) is 12.5. The number of aromatic nitrogens is 2. The molecule has 1 saturated carbocycles. The van der Waals surface area contributed by atoms with Crippen LogP contribution in [0.25, 0.3) is 0 Å². The highest BCUT2D eigenvalue weighted by Crippen LogP contribution is 2.27. The molecule has 1 heterocycles. The van der Waals surface area contributed by atoms with E-state index < -0.39 is 0 Å². The van der Waals surface area contributed by atoms with E-state index in [0.717, 1.165) is 36.5 Å². The summed E-state index contributed by atoms with van der Waals surface area (Å²) in [5.74, 6) is 0.329. The van der Waals surface area contributed by atoms with Crippen LogP contribution < -0.4 is 5.32 Å². The monoisotopic (exact) mass is 311 g/mol. The Morgan fingerprint density at radius 1 is 1.17 bits per heavy atom. The number of carbonyl (C=O) groups excluding carboxylic acids is 1. The Balaban J connectivity index is 1.74. The fourth-order valence-electron chi connectivity index (χ4n) is 3.38. The average molecular weight is 311 g/mol. The maximum absolute atomic E-state index is 12.5. The van der Waals surface area contributed by atoms with Gasteiger partial charge in [0.2, 0.25) is 5.91 Å². The second kappa shape index (κ2) is 6.99. The van der Waals surface area contributed by atoms with Crippen molar-refractivity contribution in [3.05, 3.63) is 47.3 Å². The molecule has 1 amide bonds. The molecule has 4 nitrogen and oxygen atoms in total. The molecular weight excluding hydrogens is 286 g/mol. The first-order valence-corrected chi connectivity index (χ1v) is 8.54. The highest BCUT2D eigenvalue weighted by atomic mass is 16.1. The molecule has 0 unspecified atom stereocenters. The third kappa shape index (κ3) is 3.63. The molecule has 122 valence electrons. The van der Waals surface area contributed by atoms with Gasteiger partial charge in [-0.2, -0.15) is 5.10 Å². The summed E-state index contributed by atoms with van der Waals surface area (Å²) in [5.41, 5.74) is 4.01. The Labute approximate surface area is 137 Å². The molecule has 0 atom stereocenters. The third-order valence-electron chi connectivity index (χ3n) is 4.78. The minimum absolute atomic E-state index is 0.162. The lowest BCUT2D eigenvalue weighted by Crippen LogP contribution is -2.25. The lowest BCUT2D eigenvalue weighted by atomic mass is 9.88. The molecule has 1 N–H and O–H groups in total. The smallest absolute Gasteiger partial charge is 0.227 e. The molecule has 23 heavy (non-hydrogen) atoms. The van der Waals surface area contributed by atoms with Crippen LogP contribution in [0.2, 0.25) is 0 Å². The molecule has 1 aliphatic rings. The predicted molar refractivity (Wildman–Crippen MR) is 92.4 cm³/mol. The zero-order chi connectivity index (χ0) is 16.2. The number of hydrogen-bond donors (Lipinski definition) is 1. The molecule has 3 rings (SSSR count). The van der Waals surface area contributed by atoms with E-state index in [9.17, 15) is 4.79 Å². The van der Waals surface area contributed by atoms with Crippen molar-refractivity contribution >= 4 is 11.6 Å². The number of hydrogen-bond acceptors (Lipinski definition) is 2. The number of amides is 1. The lowest BCUT2D eigenvalue weighted by Gasteiger charge is -2.20. The van der Waals surface area contributed by atoms with Gasteiger partial charge in [0, 0.05) is 5.92 Å². The minimum Gasteiger partial charge on any atom is -0.323 e. The van der Waals surface area contributed by atoms with Gasteiger partial charge in [-0.3, -0.25) is 9.48 Å². The van der Waals surface area contributed by atoms with Crippen LogP contribution in [-0.4, -0.2) is 15.7 Å².